The summed E-state index contributed by atoms with van der Waals surface area (Å²) in [4.78, 5) is 0. The molecule has 0 amide bonds. The number of hydrogen-bond acceptors (Lipinski definition) is 9. The molecule has 10 heteroatoms. The Balaban J connectivity index is 0.00000131. The van der Waals surface area contributed by atoms with Crippen LogP contribution in [0.2, 0.25) is 0 Å². The Labute approximate surface area is 263 Å². The molecule has 5 heterocycles. The van der Waals surface area contributed by atoms with Gasteiger partial charge in [0.2, 0.25) is 0 Å². The van der Waals surface area contributed by atoms with Gasteiger partial charge in [-0.1, -0.05) is 51.4 Å². The van der Waals surface area contributed by atoms with Gasteiger partial charge in [0.05, 0.1) is 49.3 Å². The van der Waals surface area contributed by atoms with Crippen LogP contribution in [0.4, 0.5) is 0 Å². The van der Waals surface area contributed by atoms with Gasteiger partial charge in [-0.2, -0.15) is 0 Å². The molecular formula is C32H57GaN8O. The molecule has 0 radical (unpaired) electrons. The van der Waals surface area contributed by atoms with Gasteiger partial charge in [0, 0.05) is 0 Å². The molecule has 0 aromatic carbocycles. The van der Waals surface area contributed by atoms with Crippen molar-refractivity contribution in [1.82, 2.24) is 42.5 Å². The molecule has 8 unspecified atom stereocenters. The van der Waals surface area contributed by atoms with Crippen molar-refractivity contribution < 1.29 is 3.54 Å². The quantitative estimate of drug-likeness (QED) is 0.188. The molecule has 9 fully saturated rings. The topological polar surface area (TPSA) is 113 Å². The summed E-state index contributed by atoms with van der Waals surface area (Å²) in [5.41, 5.74) is 0. The molecule has 5 saturated heterocycles. The fourth-order valence-electron chi connectivity index (χ4n) is 12.0. The predicted octanol–water partition coefficient (Wildman–Crippen LogP) is 1.84. The Kier molecular flexibility index (Phi) is 8.94. The summed E-state index contributed by atoms with van der Waals surface area (Å²) in [6.45, 7) is 0. The number of nitrogens with one attached hydrogen (secondary N) is 8. The molecule has 9 aliphatic rings. The molecule has 0 spiro atoms. The first-order valence-corrected chi connectivity index (χ1v) is 19.4. The molecule has 8 atom stereocenters. The van der Waals surface area contributed by atoms with Crippen LogP contribution in [-0.4, -0.2) is 67.9 Å². The molecule has 234 valence electrons. The van der Waals surface area contributed by atoms with Crippen molar-refractivity contribution >= 4 is 18.6 Å². The van der Waals surface area contributed by atoms with E-state index in [0.717, 1.165) is 47.3 Å². The first-order valence-electron chi connectivity index (χ1n) is 18.2. The van der Waals surface area contributed by atoms with Gasteiger partial charge >= 0.3 is 22.1 Å². The molecule has 8 bridgehead atoms. The van der Waals surface area contributed by atoms with Gasteiger partial charge in [-0.25, -0.2) is 0 Å². The molecule has 4 saturated carbocycles. The average molecular weight is 640 g/mol. The normalized spacial score (nSPS) is 54.9. The molecule has 0 aromatic heterocycles. The molecule has 8 N–H and O–H groups in total. The number of fused-ring (bicyclic) bond motifs is 20. The van der Waals surface area contributed by atoms with Crippen LogP contribution >= 0.6 is 0 Å². The van der Waals surface area contributed by atoms with E-state index in [1.165, 1.54) is 103 Å². The van der Waals surface area contributed by atoms with Crippen molar-refractivity contribution in [3.8, 4) is 0 Å². The summed E-state index contributed by atoms with van der Waals surface area (Å²) in [6, 6.07) is 0. The van der Waals surface area contributed by atoms with Crippen LogP contribution in [0.15, 0.2) is 0 Å². The second-order valence-electron chi connectivity index (χ2n) is 15.6. The summed E-state index contributed by atoms with van der Waals surface area (Å²) in [5.74, 6) is 5.97. The van der Waals surface area contributed by atoms with E-state index in [0.29, 0.717) is 49.3 Å². The molecule has 42 heavy (non-hydrogen) atoms. The first-order chi connectivity index (χ1) is 20.8. The number of rotatable bonds is 0. The van der Waals surface area contributed by atoms with Gasteiger partial charge < -0.3 is 0 Å². The molecule has 0 aromatic rings. The fourth-order valence-corrected chi connectivity index (χ4v) is 12.0. The van der Waals surface area contributed by atoms with Crippen molar-refractivity contribution in [3.05, 3.63) is 0 Å². The standard InChI is InChI=1S/C32H56N8.Ga.O.H/c1-2-10-18-17(9-1)25-33-26(18)38-28-21-13-5-6-14-22(21)30(35-28)40-32-24-16-8-7-15-23(24)31(36-32)39-29-20-12-4-3-11-19(20)27(34-29)37-25;;;/h17-40H,1-16H2;;;. The Hall–Kier alpha value is 0.116. The fraction of sp³-hybridized carbons (Fsp3) is 1.00. The van der Waals surface area contributed by atoms with E-state index in [-0.39, 0.29) is 18.6 Å². The Morgan fingerprint density at radius 3 is 0.500 bits per heavy atom. The van der Waals surface area contributed by atoms with Crippen molar-refractivity contribution in [3.63, 3.8) is 0 Å². The average Bonchev–Trinajstić information content (AvgIpc) is 3.78. The van der Waals surface area contributed by atoms with Crippen LogP contribution in [0.1, 0.15) is 103 Å². The first kappa shape index (κ1) is 29.5. The maximum atomic E-state index is 8.38. The Morgan fingerprint density at radius 1 is 0.262 bits per heavy atom. The zero-order valence-corrected chi connectivity index (χ0v) is 28.6. The summed E-state index contributed by atoms with van der Waals surface area (Å²) in [6.07, 6.45) is 25.6. The van der Waals surface area contributed by atoms with Crippen molar-refractivity contribution in [1.29, 1.82) is 0 Å². The van der Waals surface area contributed by atoms with Crippen LogP contribution in [0.5, 0.6) is 0 Å². The monoisotopic (exact) mass is 638 g/mol. The Morgan fingerprint density at radius 2 is 0.381 bits per heavy atom. The molecule has 9 rings (SSSR count). The van der Waals surface area contributed by atoms with Crippen molar-refractivity contribution in [2.24, 2.45) is 47.3 Å². The minimum absolute atomic E-state index is 0.125. The van der Waals surface area contributed by atoms with Gasteiger partial charge in [-0.3, -0.25) is 42.5 Å². The predicted molar refractivity (Wildman–Crippen MR) is 165 cm³/mol. The summed E-state index contributed by atoms with van der Waals surface area (Å²) in [5, 5.41) is 33.8. The van der Waals surface area contributed by atoms with Crippen LogP contribution in [0.3, 0.4) is 0 Å². The third-order valence-corrected chi connectivity index (χ3v) is 13.8. The molecule has 5 aliphatic heterocycles. The van der Waals surface area contributed by atoms with E-state index in [9.17, 15) is 0 Å². The van der Waals surface area contributed by atoms with E-state index in [2.05, 4.69) is 42.5 Å². The second kappa shape index (κ2) is 12.7. The van der Waals surface area contributed by atoms with E-state index in [1.54, 1.807) is 0 Å². The number of hydrogen-bond donors (Lipinski definition) is 8. The maximum absolute atomic E-state index is 8.38. The minimum atomic E-state index is 0.125. The van der Waals surface area contributed by atoms with Gasteiger partial charge in [0.15, 0.2) is 0 Å². The zero-order valence-electron chi connectivity index (χ0n) is 25.7. The second-order valence-corrected chi connectivity index (χ2v) is 15.6. The summed E-state index contributed by atoms with van der Waals surface area (Å²) in [7, 11) is 0. The van der Waals surface area contributed by atoms with E-state index in [1.807, 2.05) is 0 Å². The molecule has 9 nitrogen and oxygen atoms in total. The Bertz CT molecular complexity index is 738. The van der Waals surface area contributed by atoms with E-state index < -0.39 is 0 Å². The molecule has 4 aliphatic carbocycles. The van der Waals surface area contributed by atoms with E-state index >= 15 is 0 Å². The van der Waals surface area contributed by atoms with E-state index in [4.69, 9.17) is 3.54 Å². The van der Waals surface area contributed by atoms with Crippen molar-refractivity contribution in [2.75, 3.05) is 0 Å². The van der Waals surface area contributed by atoms with Gasteiger partial charge in [-0.05, 0) is 98.7 Å². The van der Waals surface area contributed by atoms with Crippen LogP contribution < -0.4 is 42.5 Å². The van der Waals surface area contributed by atoms with Crippen LogP contribution in [0, 0.1) is 47.3 Å². The zero-order chi connectivity index (χ0) is 28.2. The van der Waals surface area contributed by atoms with Gasteiger partial charge in [0.1, 0.15) is 0 Å². The van der Waals surface area contributed by atoms with Gasteiger partial charge in [0.25, 0.3) is 0 Å². The molecular weight excluding hydrogens is 582 g/mol. The third-order valence-electron chi connectivity index (χ3n) is 13.8. The summed E-state index contributed by atoms with van der Waals surface area (Å²) >= 11 is 0.125. The van der Waals surface area contributed by atoms with Crippen LogP contribution in [0.25, 0.3) is 0 Å². The SMILES string of the molecule is C1CCC2C3NC(NC4NC(NC5NC(NC6NC(N3)C3CCCCC63)C3CCCCC53)C3CCCCC43)C2C1.[O]=[GaH]. The van der Waals surface area contributed by atoms with Crippen LogP contribution in [-0.2, 0) is 3.54 Å². The van der Waals surface area contributed by atoms with Crippen molar-refractivity contribution in [2.45, 2.75) is 152 Å². The van der Waals surface area contributed by atoms with Gasteiger partial charge in [-0.15, -0.1) is 0 Å². The summed E-state index contributed by atoms with van der Waals surface area (Å²) < 4.78 is 8.38. The third kappa shape index (κ3) is 5.25.